The third-order valence-electron chi connectivity index (χ3n) is 3.39. The molecular weight excluding hydrogens is 276 g/mol. The van der Waals surface area contributed by atoms with Gasteiger partial charge in [0.1, 0.15) is 22.7 Å². The van der Waals surface area contributed by atoms with Gasteiger partial charge < -0.3 is 11.5 Å². The van der Waals surface area contributed by atoms with E-state index in [1.165, 1.54) is 0 Å². The Labute approximate surface area is 135 Å². The maximum Gasteiger partial charge on any atom is 0.132 e. The lowest BCUT2D eigenvalue weighted by Crippen LogP contribution is -2.40. The smallest absolute Gasteiger partial charge is 0.132 e. The van der Waals surface area contributed by atoms with Crippen LogP contribution in [0.25, 0.3) is 0 Å². The fraction of sp³-hybridized carbons (Fsp3) is 0.875. The summed E-state index contributed by atoms with van der Waals surface area (Å²) < 4.78 is 0. The zero-order chi connectivity index (χ0) is 17.2. The van der Waals surface area contributed by atoms with Crippen molar-refractivity contribution in [2.45, 2.75) is 78.3 Å². The van der Waals surface area contributed by atoms with Crippen LogP contribution in [0.15, 0.2) is 20.2 Å². The molecule has 0 spiro atoms. The first kappa shape index (κ1) is 20.5. The van der Waals surface area contributed by atoms with Crippen LogP contribution in [-0.2, 0) is 0 Å². The fourth-order valence-electron chi connectivity index (χ4n) is 1.45. The van der Waals surface area contributed by atoms with Crippen molar-refractivity contribution in [3.8, 4) is 0 Å². The molecule has 0 fully saturated rings. The molecule has 0 radical (unpaired) electrons. The summed E-state index contributed by atoms with van der Waals surface area (Å²) in [6.07, 6.45) is 4.24. The molecule has 0 aliphatic heterocycles. The molecule has 0 rings (SSSR count). The first-order chi connectivity index (χ1) is 10.2. The van der Waals surface area contributed by atoms with E-state index in [4.69, 9.17) is 11.5 Å². The van der Waals surface area contributed by atoms with Crippen LogP contribution in [0.4, 0.5) is 0 Å². The van der Waals surface area contributed by atoms with Gasteiger partial charge in [-0.15, -0.1) is 0 Å². The normalized spacial score (nSPS) is 14.8. The van der Waals surface area contributed by atoms with Crippen molar-refractivity contribution in [1.82, 2.24) is 0 Å². The number of hydrogen-bond donors (Lipinski definition) is 2. The standard InChI is InChI=1S/C16H34N6/c1-7-9-11-19-13(17)15(3,4)21-22-16(5,6)14(18)20-12-10-8-2/h7-12H2,1-6H3,(H2,17,19)(H2,18,20). The average molecular weight is 310 g/mol. The fourth-order valence-corrected chi connectivity index (χ4v) is 1.45. The largest absolute Gasteiger partial charge is 0.385 e. The Morgan fingerprint density at radius 3 is 1.32 bits per heavy atom. The van der Waals surface area contributed by atoms with Crippen molar-refractivity contribution >= 4 is 11.7 Å². The van der Waals surface area contributed by atoms with E-state index in [9.17, 15) is 0 Å². The van der Waals surface area contributed by atoms with Crippen LogP contribution in [0.5, 0.6) is 0 Å². The highest BCUT2D eigenvalue weighted by Gasteiger charge is 2.27. The van der Waals surface area contributed by atoms with Gasteiger partial charge in [0.25, 0.3) is 0 Å². The average Bonchev–Trinajstić information content (AvgIpc) is 2.45. The summed E-state index contributed by atoms with van der Waals surface area (Å²) in [6.45, 7) is 13.3. The van der Waals surface area contributed by atoms with Crippen molar-refractivity contribution in [1.29, 1.82) is 0 Å². The summed E-state index contributed by atoms with van der Waals surface area (Å²) in [5.74, 6) is 1.00. The summed E-state index contributed by atoms with van der Waals surface area (Å²) in [5.41, 5.74) is 10.8. The predicted molar refractivity (Wildman–Crippen MR) is 95.8 cm³/mol. The summed E-state index contributed by atoms with van der Waals surface area (Å²) in [7, 11) is 0. The van der Waals surface area contributed by atoms with E-state index < -0.39 is 11.1 Å². The van der Waals surface area contributed by atoms with Gasteiger partial charge in [-0.3, -0.25) is 9.98 Å². The molecule has 0 saturated heterocycles. The molecule has 0 atom stereocenters. The Bertz CT molecular complexity index is 369. The third kappa shape index (κ3) is 7.52. The number of nitrogens with two attached hydrogens (primary N) is 2. The lowest BCUT2D eigenvalue weighted by Gasteiger charge is -2.22. The van der Waals surface area contributed by atoms with Crippen LogP contribution >= 0.6 is 0 Å². The quantitative estimate of drug-likeness (QED) is 0.280. The minimum atomic E-state index is -0.630. The predicted octanol–water partition coefficient (Wildman–Crippen LogP) is 3.31. The van der Waals surface area contributed by atoms with Crippen molar-refractivity contribution in [3.05, 3.63) is 0 Å². The van der Waals surface area contributed by atoms with Crippen LogP contribution in [0.2, 0.25) is 0 Å². The maximum absolute atomic E-state index is 6.03. The van der Waals surface area contributed by atoms with Crippen LogP contribution in [0.3, 0.4) is 0 Å². The lowest BCUT2D eigenvalue weighted by molar-refractivity contribution is 0.556. The molecule has 0 aromatic carbocycles. The second-order valence-corrected chi connectivity index (χ2v) is 6.56. The summed E-state index contributed by atoms with van der Waals surface area (Å²) in [5, 5.41) is 8.73. The number of aliphatic imine (C=N–C) groups is 2. The minimum Gasteiger partial charge on any atom is -0.385 e. The molecule has 0 aliphatic carbocycles. The molecular formula is C16H34N6. The molecule has 0 aromatic rings. The molecule has 0 saturated carbocycles. The number of nitrogens with zero attached hydrogens (tertiary/aromatic N) is 4. The molecule has 0 heterocycles. The summed E-state index contributed by atoms with van der Waals surface area (Å²) in [4.78, 5) is 8.74. The SMILES string of the molecule is CCCCN=C(N)C(C)(C)N=NC(C)(C)C(N)=NCCCC. The van der Waals surface area contributed by atoms with E-state index in [-0.39, 0.29) is 0 Å². The van der Waals surface area contributed by atoms with E-state index in [1.54, 1.807) is 0 Å². The second kappa shape index (κ2) is 9.54. The zero-order valence-corrected chi connectivity index (χ0v) is 15.2. The van der Waals surface area contributed by atoms with Gasteiger partial charge in [0.2, 0.25) is 0 Å². The molecule has 128 valence electrons. The van der Waals surface area contributed by atoms with Gasteiger partial charge in [0, 0.05) is 13.1 Å². The Morgan fingerprint density at radius 1 is 0.727 bits per heavy atom. The van der Waals surface area contributed by atoms with Crippen LogP contribution < -0.4 is 11.5 Å². The topological polar surface area (TPSA) is 101 Å². The van der Waals surface area contributed by atoms with Crippen molar-refractivity contribution in [3.63, 3.8) is 0 Å². The summed E-state index contributed by atoms with van der Waals surface area (Å²) >= 11 is 0. The Kier molecular flexibility index (Phi) is 8.90. The highest BCUT2D eigenvalue weighted by atomic mass is 15.2. The van der Waals surface area contributed by atoms with E-state index in [0.29, 0.717) is 11.7 Å². The molecule has 22 heavy (non-hydrogen) atoms. The van der Waals surface area contributed by atoms with Gasteiger partial charge in [-0.25, -0.2) is 0 Å². The number of hydrogen-bond acceptors (Lipinski definition) is 4. The maximum atomic E-state index is 6.03. The molecule has 0 bridgehead atoms. The number of amidine groups is 2. The Morgan fingerprint density at radius 2 is 1.05 bits per heavy atom. The highest BCUT2D eigenvalue weighted by Crippen LogP contribution is 2.16. The number of azo groups is 1. The van der Waals surface area contributed by atoms with E-state index in [1.807, 2.05) is 27.7 Å². The van der Waals surface area contributed by atoms with Gasteiger partial charge in [-0.05, 0) is 40.5 Å². The van der Waals surface area contributed by atoms with Crippen molar-refractivity contribution in [2.75, 3.05) is 13.1 Å². The van der Waals surface area contributed by atoms with Crippen molar-refractivity contribution in [2.24, 2.45) is 31.7 Å². The molecule has 6 nitrogen and oxygen atoms in total. The van der Waals surface area contributed by atoms with E-state index in [2.05, 4.69) is 34.1 Å². The molecule has 0 unspecified atom stereocenters. The highest BCUT2D eigenvalue weighted by molar-refractivity contribution is 5.90. The number of rotatable bonds is 10. The zero-order valence-electron chi connectivity index (χ0n) is 15.2. The molecule has 6 heteroatoms. The van der Waals surface area contributed by atoms with E-state index in [0.717, 1.165) is 38.8 Å². The summed E-state index contributed by atoms with van der Waals surface area (Å²) in [6, 6.07) is 0. The van der Waals surface area contributed by atoms with Gasteiger partial charge >= 0.3 is 0 Å². The Hall–Kier alpha value is -1.46. The molecule has 0 amide bonds. The third-order valence-corrected chi connectivity index (χ3v) is 3.39. The van der Waals surface area contributed by atoms with Gasteiger partial charge in [-0.2, -0.15) is 10.2 Å². The monoisotopic (exact) mass is 310 g/mol. The molecule has 0 aromatic heterocycles. The Balaban J connectivity index is 4.90. The lowest BCUT2D eigenvalue weighted by atomic mass is 10.0. The number of unbranched alkanes of at least 4 members (excludes halogenated alkanes) is 2. The van der Waals surface area contributed by atoms with Gasteiger partial charge in [-0.1, -0.05) is 26.7 Å². The van der Waals surface area contributed by atoms with E-state index >= 15 is 0 Å². The molecule has 0 aliphatic rings. The first-order valence-electron chi connectivity index (χ1n) is 8.22. The van der Waals surface area contributed by atoms with Crippen LogP contribution in [0.1, 0.15) is 67.2 Å². The minimum absolute atomic E-state index is 0.502. The molecule has 4 N–H and O–H groups in total. The van der Waals surface area contributed by atoms with Crippen molar-refractivity contribution < 1.29 is 0 Å². The van der Waals surface area contributed by atoms with Crippen LogP contribution in [-0.4, -0.2) is 35.8 Å². The van der Waals surface area contributed by atoms with Crippen LogP contribution in [0, 0.1) is 0 Å². The second-order valence-electron chi connectivity index (χ2n) is 6.56. The first-order valence-corrected chi connectivity index (χ1v) is 8.22. The van der Waals surface area contributed by atoms with Gasteiger partial charge in [0.15, 0.2) is 0 Å². The van der Waals surface area contributed by atoms with Gasteiger partial charge in [0.05, 0.1) is 0 Å².